The van der Waals surface area contributed by atoms with Gasteiger partial charge in [-0.1, -0.05) is 17.8 Å². The van der Waals surface area contributed by atoms with Crippen molar-refractivity contribution in [3.05, 3.63) is 36.3 Å². The lowest BCUT2D eigenvalue weighted by Gasteiger charge is -2.04. The van der Waals surface area contributed by atoms with E-state index in [0.29, 0.717) is 11.6 Å². The van der Waals surface area contributed by atoms with Gasteiger partial charge in [0.05, 0.1) is 11.6 Å². The molecule has 96 valence electrons. The molecule has 2 heterocycles. The first-order valence-electron chi connectivity index (χ1n) is 5.58. The van der Waals surface area contributed by atoms with Crippen LogP contribution in [0.4, 0.5) is 10.3 Å². The lowest BCUT2D eigenvalue weighted by molar-refractivity contribution is 0.624. The minimum Gasteiger partial charge on any atom is -0.357 e. The number of halogens is 1. The number of anilines is 1. The number of aromatic nitrogens is 4. The van der Waals surface area contributed by atoms with Gasteiger partial charge in [-0.15, -0.1) is 0 Å². The van der Waals surface area contributed by atoms with Crippen LogP contribution >= 0.6 is 11.8 Å². The summed E-state index contributed by atoms with van der Waals surface area (Å²) in [6, 6.07) is 6.39. The van der Waals surface area contributed by atoms with E-state index >= 15 is 0 Å². The van der Waals surface area contributed by atoms with E-state index in [2.05, 4.69) is 25.5 Å². The average molecular weight is 275 g/mol. The summed E-state index contributed by atoms with van der Waals surface area (Å²) in [5, 5.41) is 11.2. The van der Waals surface area contributed by atoms with Gasteiger partial charge in [0.1, 0.15) is 10.8 Å². The fourth-order valence-corrected chi connectivity index (χ4v) is 2.57. The molecule has 0 radical (unpaired) electrons. The van der Waals surface area contributed by atoms with Crippen molar-refractivity contribution >= 4 is 28.7 Å². The van der Waals surface area contributed by atoms with Crippen molar-refractivity contribution < 1.29 is 4.39 Å². The van der Waals surface area contributed by atoms with Gasteiger partial charge in [0.2, 0.25) is 5.95 Å². The second-order valence-electron chi connectivity index (χ2n) is 3.79. The lowest BCUT2D eigenvalue weighted by Crippen LogP contribution is -1.97. The maximum atomic E-state index is 13.2. The number of hydrogen-bond acceptors (Lipinski definition) is 5. The summed E-state index contributed by atoms with van der Waals surface area (Å²) in [4.78, 5) is 9.40. The van der Waals surface area contributed by atoms with Gasteiger partial charge in [0.15, 0.2) is 5.65 Å². The van der Waals surface area contributed by atoms with E-state index < -0.39 is 0 Å². The third-order valence-corrected chi connectivity index (χ3v) is 3.50. The van der Waals surface area contributed by atoms with Crippen molar-refractivity contribution in [1.82, 2.24) is 20.2 Å². The van der Waals surface area contributed by atoms with E-state index in [0.717, 1.165) is 15.3 Å². The van der Waals surface area contributed by atoms with Gasteiger partial charge < -0.3 is 5.32 Å². The molecule has 7 heteroatoms. The number of aromatic amines is 1. The summed E-state index contributed by atoms with van der Waals surface area (Å²) in [5.41, 5.74) is 0.651. The van der Waals surface area contributed by atoms with Crippen LogP contribution in [0.3, 0.4) is 0 Å². The van der Waals surface area contributed by atoms with Gasteiger partial charge in [0.25, 0.3) is 0 Å². The molecule has 0 aliphatic rings. The van der Waals surface area contributed by atoms with Crippen molar-refractivity contribution in [3.63, 3.8) is 0 Å². The number of nitrogens with zero attached hydrogens (tertiary/aromatic N) is 3. The molecule has 3 rings (SSSR count). The molecule has 0 fully saturated rings. The summed E-state index contributed by atoms with van der Waals surface area (Å²) in [6.45, 7) is 0. The minimum absolute atomic E-state index is 0.267. The summed E-state index contributed by atoms with van der Waals surface area (Å²) in [7, 11) is 1.74. The fraction of sp³-hybridized carbons (Fsp3) is 0.0833. The second-order valence-corrected chi connectivity index (χ2v) is 4.86. The highest BCUT2D eigenvalue weighted by atomic mass is 32.2. The number of benzene rings is 1. The molecular formula is C12H10FN5S. The molecule has 2 aromatic heterocycles. The maximum Gasteiger partial charge on any atom is 0.225 e. The van der Waals surface area contributed by atoms with Gasteiger partial charge in [0, 0.05) is 11.9 Å². The second kappa shape index (κ2) is 4.85. The summed E-state index contributed by atoms with van der Waals surface area (Å²) in [6.07, 6.45) is 1.66. The van der Waals surface area contributed by atoms with Gasteiger partial charge in [-0.2, -0.15) is 10.1 Å². The van der Waals surface area contributed by atoms with E-state index in [9.17, 15) is 4.39 Å². The molecule has 0 aliphatic heterocycles. The van der Waals surface area contributed by atoms with E-state index in [-0.39, 0.29) is 5.82 Å². The number of hydrogen-bond donors (Lipinski definition) is 2. The van der Waals surface area contributed by atoms with Gasteiger partial charge in [-0.3, -0.25) is 5.10 Å². The van der Waals surface area contributed by atoms with Crippen LogP contribution in [0.1, 0.15) is 0 Å². The van der Waals surface area contributed by atoms with Crippen molar-refractivity contribution in [2.24, 2.45) is 0 Å². The summed E-state index contributed by atoms with van der Waals surface area (Å²) >= 11 is 1.37. The topological polar surface area (TPSA) is 66.5 Å². The number of nitrogens with one attached hydrogen (secondary N) is 2. The maximum absolute atomic E-state index is 13.2. The van der Waals surface area contributed by atoms with Crippen LogP contribution in [-0.4, -0.2) is 27.2 Å². The fourth-order valence-electron chi connectivity index (χ4n) is 1.64. The van der Waals surface area contributed by atoms with E-state index in [4.69, 9.17) is 0 Å². The molecule has 2 N–H and O–H groups in total. The molecule has 19 heavy (non-hydrogen) atoms. The Kier molecular flexibility index (Phi) is 3.04. The Balaban J connectivity index is 2.06. The molecule has 1 aromatic carbocycles. The van der Waals surface area contributed by atoms with E-state index in [1.54, 1.807) is 19.3 Å². The van der Waals surface area contributed by atoms with Crippen LogP contribution in [0.2, 0.25) is 0 Å². The Morgan fingerprint density at radius 2 is 2.21 bits per heavy atom. The molecular weight excluding hydrogens is 265 g/mol. The zero-order chi connectivity index (χ0) is 13.2. The minimum atomic E-state index is -0.267. The molecule has 3 aromatic rings. The third-order valence-electron chi connectivity index (χ3n) is 2.51. The van der Waals surface area contributed by atoms with Crippen LogP contribution in [0.15, 0.2) is 40.4 Å². The summed E-state index contributed by atoms with van der Waals surface area (Å²) < 4.78 is 13.2. The molecule has 0 saturated carbocycles. The highest BCUT2D eigenvalue weighted by Crippen LogP contribution is 2.31. The largest absolute Gasteiger partial charge is 0.357 e. The summed E-state index contributed by atoms with van der Waals surface area (Å²) in [5.74, 6) is 0.229. The van der Waals surface area contributed by atoms with Gasteiger partial charge in [-0.25, -0.2) is 9.37 Å². The van der Waals surface area contributed by atoms with Crippen LogP contribution in [0.5, 0.6) is 0 Å². The predicted molar refractivity (Wildman–Crippen MR) is 71.8 cm³/mol. The highest BCUT2D eigenvalue weighted by Gasteiger charge is 2.10. The van der Waals surface area contributed by atoms with E-state index in [1.807, 2.05) is 6.07 Å². The number of fused-ring (bicyclic) bond motifs is 1. The molecule has 0 saturated heterocycles. The normalized spacial score (nSPS) is 10.8. The van der Waals surface area contributed by atoms with Crippen LogP contribution < -0.4 is 5.32 Å². The molecule has 0 unspecified atom stereocenters. The number of rotatable bonds is 3. The zero-order valence-corrected chi connectivity index (χ0v) is 10.8. The van der Waals surface area contributed by atoms with Crippen molar-refractivity contribution in [2.45, 2.75) is 9.92 Å². The zero-order valence-electron chi connectivity index (χ0n) is 10.0. The van der Waals surface area contributed by atoms with Gasteiger partial charge in [-0.05, 0) is 18.2 Å². The molecule has 0 atom stereocenters. The lowest BCUT2D eigenvalue weighted by atomic mass is 10.4. The van der Waals surface area contributed by atoms with E-state index in [1.165, 1.54) is 23.9 Å². The third kappa shape index (κ3) is 2.37. The molecule has 0 amide bonds. The Morgan fingerprint density at radius 1 is 1.32 bits per heavy atom. The molecule has 5 nitrogen and oxygen atoms in total. The van der Waals surface area contributed by atoms with Crippen LogP contribution in [0.25, 0.3) is 11.0 Å². The Morgan fingerprint density at radius 3 is 3.00 bits per heavy atom. The average Bonchev–Trinajstić information content (AvgIpc) is 2.87. The predicted octanol–water partition coefficient (Wildman–Crippen LogP) is 2.68. The van der Waals surface area contributed by atoms with Crippen molar-refractivity contribution in [1.29, 1.82) is 0 Å². The smallest absolute Gasteiger partial charge is 0.225 e. The van der Waals surface area contributed by atoms with Crippen molar-refractivity contribution in [2.75, 3.05) is 12.4 Å². The van der Waals surface area contributed by atoms with Crippen LogP contribution in [-0.2, 0) is 0 Å². The molecule has 0 spiro atoms. The Hall–Kier alpha value is -2.15. The SMILES string of the molecule is CNc1nc(Sc2cccc(F)c2)c2cn[nH]c2n1. The van der Waals surface area contributed by atoms with Crippen molar-refractivity contribution in [3.8, 4) is 0 Å². The highest BCUT2D eigenvalue weighted by molar-refractivity contribution is 7.99. The Bertz CT molecular complexity index is 727. The number of H-pyrrole nitrogens is 1. The van der Waals surface area contributed by atoms with Gasteiger partial charge >= 0.3 is 0 Å². The quantitative estimate of drug-likeness (QED) is 0.719. The van der Waals surface area contributed by atoms with Crippen LogP contribution in [0, 0.1) is 5.82 Å². The molecule has 0 bridgehead atoms. The molecule has 0 aliphatic carbocycles. The first-order chi connectivity index (χ1) is 9.26. The first-order valence-corrected chi connectivity index (χ1v) is 6.40. The standard InChI is InChI=1S/C12H10FN5S/c1-14-12-16-10-9(6-15-18-10)11(17-12)19-8-4-2-3-7(13)5-8/h2-6H,1H3,(H2,14,15,16,17,18). The monoisotopic (exact) mass is 275 g/mol. The first kappa shape index (κ1) is 11.9. The Labute approximate surface area is 112 Å².